The Morgan fingerprint density at radius 2 is 2.05 bits per heavy atom. The van der Waals surface area contributed by atoms with Crippen LogP contribution in [0.15, 0.2) is 22.7 Å². The zero-order valence-electron chi connectivity index (χ0n) is 11.9. The van der Waals surface area contributed by atoms with Gasteiger partial charge in [-0.2, -0.15) is 0 Å². The summed E-state index contributed by atoms with van der Waals surface area (Å²) in [5.41, 5.74) is 1.84. The molecule has 1 saturated carbocycles. The number of hydrogen-bond donors (Lipinski definition) is 1. The summed E-state index contributed by atoms with van der Waals surface area (Å²) in [6.07, 6.45) is 3.59. The lowest BCUT2D eigenvalue weighted by molar-refractivity contribution is 0.0890. The second-order valence-corrected chi connectivity index (χ2v) is 6.58. The number of hydrogen-bond acceptors (Lipinski definition) is 1. The van der Waals surface area contributed by atoms with Gasteiger partial charge in [0.05, 0.1) is 5.56 Å². The molecule has 0 aromatic heterocycles. The molecule has 1 N–H and O–H groups in total. The van der Waals surface area contributed by atoms with Crippen LogP contribution in [0.1, 0.15) is 49.0 Å². The molecule has 104 valence electrons. The molecule has 0 spiro atoms. The molecule has 1 aliphatic carbocycles. The van der Waals surface area contributed by atoms with Crippen LogP contribution < -0.4 is 5.32 Å². The number of amides is 1. The van der Waals surface area contributed by atoms with Crippen molar-refractivity contribution in [3.63, 3.8) is 0 Å². The third kappa shape index (κ3) is 3.19. The lowest BCUT2D eigenvalue weighted by Crippen LogP contribution is -2.43. The van der Waals surface area contributed by atoms with E-state index in [4.69, 9.17) is 0 Å². The van der Waals surface area contributed by atoms with Crippen molar-refractivity contribution in [1.82, 2.24) is 5.32 Å². The smallest absolute Gasteiger partial charge is 0.252 e. The summed E-state index contributed by atoms with van der Waals surface area (Å²) in [6, 6.07) is 6.13. The Hall–Kier alpha value is -0.830. The molecule has 3 atom stereocenters. The maximum atomic E-state index is 12.4. The van der Waals surface area contributed by atoms with E-state index in [2.05, 4.69) is 35.1 Å². The lowest BCUT2D eigenvalue weighted by atomic mass is 9.78. The molecular formula is C16H22BrNO. The quantitative estimate of drug-likeness (QED) is 0.863. The van der Waals surface area contributed by atoms with Gasteiger partial charge in [0.1, 0.15) is 0 Å². The maximum absolute atomic E-state index is 12.4. The van der Waals surface area contributed by atoms with Crippen LogP contribution in [0.5, 0.6) is 0 Å². The fraction of sp³-hybridized carbons (Fsp3) is 0.562. The van der Waals surface area contributed by atoms with E-state index in [-0.39, 0.29) is 5.91 Å². The van der Waals surface area contributed by atoms with E-state index >= 15 is 0 Å². The van der Waals surface area contributed by atoms with Crippen molar-refractivity contribution in [3.8, 4) is 0 Å². The van der Waals surface area contributed by atoms with Crippen LogP contribution in [0.25, 0.3) is 0 Å². The van der Waals surface area contributed by atoms with Gasteiger partial charge in [0.25, 0.3) is 5.91 Å². The van der Waals surface area contributed by atoms with E-state index < -0.39 is 0 Å². The fourth-order valence-corrected chi connectivity index (χ4v) is 3.30. The van der Waals surface area contributed by atoms with Gasteiger partial charge < -0.3 is 5.32 Å². The number of halogens is 1. The summed E-state index contributed by atoms with van der Waals surface area (Å²) in [5.74, 6) is 1.29. The van der Waals surface area contributed by atoms with E-state index in [1.54, 1.807) is 0 Å². The minimum Gasteiger partial charge on any atom is -0.349 e. The molecule has 2 nitrogen and oxygen atoms in total. The summed E-state index contributed by atoms with van der Waals surface area (Å²) in [6.45, 7) is 6.54. The molecule has 1 fully saturated rings. The highest BCUT2D eigenvalue weighted by Crippen LogP contribution is 2.30. The van der Waals surface area contributed by atoms with Crippen molar-refractivity contribution in [2.45, 2.75) is 46.1 Å². The first-order valence-corrected chi connectivity index (χ1v) is 7.86. The molecule has 0 heterocycles. The van der Waals surface area contributed by atoms with E-state index in [1.807, 2.05) is 25.1 Å². The van der Waals surface area contributed by atoms with E-state index in [9.17, 15) is 4.79 Å². The van der Waals surface area contributed by atoms with Crippen molar-refractivity contribution >= 4 is 21.8 Å². The average molecular weight is 324 g/mol. The van der Waals surface area contributed by atoms with Crippen molar-refractivity contribution in [1.29, 1.82) is 0 Å². The van der Waals surface area contributed by atoms with Gasteiger partial charge in [-0.1, -0.05) is 38.8 Å². The number of carbonyl (C=O) groups excluding carboxylic acids is 1. The summed E-state index contributed by atoms with van der Waals surface area (Å²) in [7, 11) is 0. The first-order chi connectivity index (χ1) is 9.00. The monoisotopic (exact) mass is 323 g/mol. The Bertz CT molecular complexity index is 472. The summed E-state index contributed by atoms with van der Waals surface area (Å²) < 4.78 is 0.906. The van der Waals surface area contributed by atoms with Gasteiger partial charge in [-0.05, 0) is 52.7 Å². The average Bonchev–Trinajstić information content (AvgIpc) is 2.38. The number of benzene rings is 1. The number of aryl methyl sites for hydroxylation is 1. The Labute approximate surface area is 124 Å². The first kappa shape index (κ1) is 14.6. The van der Waals surface area contributed by atoms with Crippen LogP contribution in [0, 0.1) is 18.8 Å². The molecule has 2 rings (SSSR count). The van der Waals surface area contributed by atoms with Gasteiger partial charge in [0.2, 0.25) is 0 Å². The molecule has 1 aromatic carbocycles. The van der Waals surface area contributed by atoms with Crippen LogP contribution in [0.3, 0.4) is 0 Å². The molecule has 1 aliphatic rings. The Kier molecular flexibility index (Phi) is 4.67. The third-order valence-electron chi connectivity index (χ3n) is 4.46. The molecule has 0 radical (unpaired) electrons. The van der Waals surface area contributed by atoms with Gasteiger partial charge in [-0.25, -0.2) is 0 Å². The van der Waals surface area contributed by atoms with Crippen LogP contribution >= 0.6 is 15.9 Å². The second kappa shape index (κ2) is 6.08. The minimum absolute atomic E-state index is 0.0431. The largest absolute Gasteiger partial charge is 0.349 e. The molecule has 19 heavy (non-hydrogen) atoms. The van der Waals surface area contributed by atoms with Crippen LogP contribution in [-0.2, 0) is 0 Å². The predicted octanol–water partition coefficient (Wildman–Crippen LogP) is 4.31. The summed E-state index contributed by atoms with van der Waals surface area (Å²) >= 11 is 3.51. The lowest BCUT2D eigenvalue weighted by Gasteiger charge is -2.34. The molecule has 3 heteroatoms. The van der Waals surface area contributed by atoms with Crippen molar-refractivity contribution in [2.24, 2.45) is 11.8 Å². The fourth-order valence-electron chi connectivity index (χ4n) is 2.85. The van der Waals surface area contributed by atoms with Crippen molar-refractivity contribution in [3.05, 3.63) is 33.8 Å². The molecule has 0 bridgehead atoms. The first-order valence-electron chi connectivity index (χ1n) is 7.06. The van der Waals surface area contributed by atoms with Gasteiger partial charge >= 0.3 is 0 Å². The minimum atomic E-state index is 0.0431. The standard InChI is InChI=1S/C16H22BrNO/c1-10-6-5-9-14(12(10)3)18-16(19)13-8-4-7-11(2)15(13)17/h4,7-8,10,12,14H,5-6,9H2,1-3H3,(H,18,19). The molecule has 1 aromatic rings. The normalized spacial score (nSPS) is 27.1. The van der Waals surface area contributed by atoms with Gasteiger partial charge in [0, 0.05) is 10.5 Å². The zero-order chi connectivity index (χ0) is 14.0. The van der Waals surface area contributed by atoms with E-state index in [0.29, 0.717) is 17.9 Å². The summed E-state index contributed by atoms with van der Waals surface area (Å²) in [4.78, 5) is 12.4. The Balaban J connectivity index is 2.10. The topological polar surface area (TPSA) is 29.1 Å². The molecular weight excluding hydrogens is 302 g/mol. The highest BCUT2D eigenvalue weighted by molar-refractivity contribution is 9.10. The third-order valence-corrected chi connectivity index (χ3v) is 5.51. The van der Waals surface area contributed by atoms with Crippen LogP contribution in [0.2, 0.25) is 0 Å². The van der Waals surface area contributed by atoms with Gasteiger partial charge in [-0.15, -0.1) is 0 Å². The number of rotatable bonds is 2. The van der Waals surface area contributed by atoms with Crippen molar-refractivity contribution in [2.75, 3.05) is 0 Å². The van der Waals surface area contributed by atoms with Gasteiger partial charge in [0.15, 0.2) is 0 Å². The van der Waals surface area contributed by atoms with E-state index in [1.165, 1.54) is 12.8 Å². The maximum Gasteiger partial charge on any atom is 0.252 e. The van der Waals surface area contributed by atoms with Crippen molar-refractivity contribution < 1.29 is 4.79 Å². The molecule has 1 amide bonds. The SMILES string of the molecule is Cc1cccc(C(=O)NC2CCCC(C)C2C)c1Br. The number of carbonyl (C=O) groups is 1. The van der Waals surface area contributed by atoms with Gasteiger partial charge in [-0.3, -0.25) is 4.79 Å². The second-order valence-electron chi connectivity index (χ2n) is 5.78. The van der Waals surface area contributed by atoms with Crippen LogP contribution in [-0.4, -0.2) is 11.9 Å². The zero-order valence-corrected chi connectivity index (χ0v) is 13.5. The Morgan fingerprint density at radius 1 is 1.32 bits per heavy atom. The highest BCUT2D eigenvalue weighted by atomic mass is 79.9. The summed E-state index contributed by atoms with van der Waals surface area (Å²) in [5, 5.41) is 3.21. The Morgan fingerprint density at radius 3 is 2.79 bits per heavy atom. The predicted molar refractivity (Wildman–Crippen MR) is 82.3 cm³/mol. The molecule has 3 unspecified atom stereocenters. The molecule has 0 saturated heterocycles. The highest BCUT2D eigenvalue weighted by Gasteiger charge is 2.28. The molecule has 0 aliphatic heterocycles. The van der Waals surface area contributed by atoms with Crippen LogP contribution in [0.4, 0.5) is 0 Å². The number of nitrogens with one attached hydrogen (secondary N) is 1. The van der Waals surface area contributed by atoms with E-state index in [0.717, 1.165) is 22.0 Å².